The van der Waals surface area contributed by atoms with E-state index in [1.165, 1.54) is 19.3 Å². The van der Waals surface area contributed by atoms with Crippen molar-refractivity contribution in [3.63, 3.8) is 0 Å². The molecule has 0 amide bonds. The van der Waals surface area contributed by atoms with Gasteiger partial charge in [-0.1, -0.05) is 13.3 Å². The van der Waals surface area contributed by atoms with Crippen LogP contribution in [0.5, 0.6) is 0 Å². The summed E-state index contributed by atoms with van der Waals surface area (Å²) in [5.74, 6) is -0.00981. The predicted molar refractivity (Wildman–Crippen MR) is 55.9 cm³/mol. The van der Waals surface area contributed by atoms with Gasteiger partial charge in [-0.25, -0.2) is 0 Å². The zero-order valence-electron chi connectivity index (χ0n) is 10.6. The first-order valence-corrected chi connectivity index (χ1v) is 5.02. The van der Waals surface area contributed by atoms with Crippen LogP contribution in [0.15, 0.2) is 0 Å². The van der Waals surface area contributed by atoms with Crippen molar-refractivity contribution in [2.75, 3.05) is 0 Å². The van der Waals surface area contributed by atoms with Crippen LogP contribution in [0.4, 0.5) is 0 Å². The van der Waals surface area contributed by atoms with Crippen LogP contribution in [0.25, 0.3) is 0 Å². The number of carbonyl (C=O) groups excluding carboxylic acids is 1. The van der Waals surface area contributed by atoms with E-state index in [4.69, 9.17) is 4.74 Å². The Morgan fingerprint density at radius 2 is 2.00 bits per heavy atom. The van der Waals surface area contributed by atoms with Gasteiger partial charge in [-0.2, -0.15) is 0 Å². The Labute approximate surface area is 99.5 Å². The van der Waals surface area contributed by atoms with Crippen LogP contribution in [0, 0.1) is 0 Å². The van der Waals surface area contributed by atoms with Crippen molar-refractivity contribution in [1.82, 2.24) is 0 Å². The second-order valence-electron chi connectivity index (χ2n) is 3.50. The van der Waals surface area contributed by atoms with E-state index in [0.29, 0.717) is 6.42 Å². The van der Waals surface area contributed by atoms with Gasteiger partial charge in [-0.15, -0.1) is 0 Å². The van der Waals surface area contributed by atoms with Gasteiger partial charge < -0.3 is 7.59 Å². The zero-order chi connectivity index (χ0) is 8.81. The van der Waals surface area contributed by atoms with Crippen molar-refractivity contribution in [2.24, 2.45) is 0 Å². The molecule has 0 N–H and O–H groups in total. The fraction of sp³-hybridized carbons (Fsp3) is 0.900. The monoisotopic (exact) mass is 196 g/mol. The van der Waals surface area contributed by atoms with E-state index >= 15 is 0 Å². The van der Waals surface area contributed by atoms with E-state index in [9.17, 15) is 4.79 Å². The van der Waals surface area contributed by atoms with E-state index in [2.05, 4.69) is 0 Å². The fourth-order valence-electron chi connectivity index (χ4n) is 1.63. The van der Waals surface area contributed by atoms with Crippen molar-refractivity contribution < 1.29 is 12.4 Å². The number of hydrogen-bond acceptors (Lipinski definition) is 2. The molecule has 0 aromatic carbocycles. The molecule has 1 saturated carbocycles. The van der Waals surface area contributed by atoms with Crippen LogP contribution in [-0.4, -0.2) is 35.1 Å². The number of carbonyl (C=O) groups is 1. The summed E-state index contributed by atoms with van der Waals surface area (Å²) < 4.78 is 5.29. The van der Waals surface area contributed by atoms with Crippen LogP contribution in [0.2, 0.25) is 0 Å². The standard InChI is InChI=1S/C10H18O2.Mg.2H/c1-2-6-10(11)12-9-7-4-3-5-8-9;;;/h9H,2-8H2,1H3;;;/q;+2;2*-1. The Morgan fingerprint density at radius 3 is 2.54 bits per heavy atom. The minimum atomic E-state index is -0.00981. The van der Waals surface area contributed by atoms with E-state index in [1.807, 2.05) is 6.92 Å². The van der Waals surface area contributed by atoms with Gasteiger partial charge in [0.25, 0.3) is 0 Å². The molecule has 0 aromatic heterocycles. The maximum atomic E-state index is 11.1. The van der Waals surface area contributed by atoms with E-state index < -0.39 is 0 Å². The average molecular weight is 197 g/mol. The Morgan fingerprint density at radius 1 is 1.38 bits per heavy atom. The number of esters is 1. The van der Waals surface area contributed by atoms with Gasteiger partial charge in [-0.05, 0) is 32.1 Å². The predicted octanol–water partition coefficient (Wildman–Crippen LogP) is 2.51. The van der Waals surface area contributed by atoms with Gasteiger partial charge >= 0.3 is 29.0 Å². The molecule has 1 aliphatic rings. The number of hydrogen-bond donors (Lipinski definition) is 0. The third-order valence-electron chi connectivity index (χ3n) is 2.30. The average Bonchev–Trinajstić information content (AvgIpc) is 2.06. The Bertz CT molecular complexity index is 150. The quantitative estimate of drug-likeness (QED) is 0.512. The van der Waals surface area contributed by atoms with Crippen molar-refractivity contribution in [3.8, 4) is 0 Å². The molecule has 0 bridgehead atoms. The molecule has 0 radical (unpaired) electrons. The van der Waals surface area contributed by atoms with Gasteiger partial charge in [0.05, 0.1) is 0 Å². The first-order valence-electron chi connectivity index (χ1n) is 5.02. The Balaban J connectivity index is -0.000000480. The molecule has 0 spiro atoms. The van der Waals surface area contributed by atoms with Crippen LogP contribution in [0.3, 0.4) is 0 Å². The Kier molecular flexibility index (Phi) is 7.76. The molecule has 3 heteroatoms. The topological polar surface area (TPSA) is 26.3 Å². The Hall–Kier alpha value is 0.236. The zero-order valence-corrected chi connectivity index (χ0v) is 9.96. The third kappa shape index (κ3) is 5.52. The molecule has 0 saturated heterocycles. The summed E-state index contributed by atoms with van der Waals surface area (Å²) in [6.07, 6.45) is 7.63. The molecule has 0 unspecified atom stereocenters. The molecule has 2 nitrogen and oxygen atoms in total. The smallest absolute Gasteiger partial charge is 1.00 e. The van der Waals surface area contributed by atoms with Crippen LogP contribution in [-0.2, 0) is 9.53 Å². The maximum Gasteiger partial charge on any atom is 2.00 e. The molecule has 74 valence electrons. The van der Waals surface area contributed by atoms with Crippen molar-refractivity contribution in [3.05, 3.63) is 0 Å². The minimum absolute atomic E-state index is 0. The molecule has 1 aliphatic carbocycles. The van der Waals surface area contributed by atoms with E-state index in [-0.39, 0.29) is 38.0 Å². The first-order chi connectivity index (χ1) is 5.83. The van der Waals surface area contributed by atoms with Crippen LogP contribution >= 0.6 is 0 Å². The largest absolute Gasteiger partial charge is 2.00 e. The summed E-state index contributed by atoms with van der Waals surface area (Å²) in [7, 11) is 0. The van der Waals surface area contributed by atoms with Gasteiger partial charge in [0.15, 0.2) is 0 Å². The number of rotatable bonds is 3. The fourth-order valence-corrected chi connectivity index (χ4v) is 1.63. The summed E-state index contributed by atoms with van der Waals surface area (Å²) in [6, 6.07) is 0. The van der Waals surface area contributed by atoms with Gasteiger partial charge in [0.1, 0.15) is 6.10 Å². The molecule has 1 fully saturated rings. The normalized spacial score (nSPS) is 17.6. The SMILES string of the molecule is CCCC(=O)OC1CCCCC1.[H-].[H-].[Mg+2]. The summed E-state index contributed by atoms with van der Waals surface area (Å²) in [4.78, 5) is 11.1. The van der Waals surface area contributed by atoms with Crippen molar-refractivity contribution >= 4 is 29.0 Å². The second kappa shape index (κ2) is 7.62. The molecular weight excluding hydrogens is 176 g/mol. The summed E-state index contributed by atoms with van der Waals surface area (Å²) >= 11 is 0. The molecule has 1 rings (SSSR count). The van der Waals surface area contributed by atoms with Crippen molar-refractivity contribution in [1.29, 1.82) is 0 Å². The first kappa shape index (κ1) is 13.2. The maximum absolute atomic E-state index is 11.1. The molecule has 0 aliphatic heterocycles. The number of ether oxygens (including phenoxy) is 1. The van der Waals surface area contributed by atoms with Gasteiger partial charge in [0.2, 0.25) is 0 Å². The van der Waals surface area contributed by atoms with Gasteiger partial charge in [-0.3, -0.25) is 4.79 Å². The third-order valence-corrected chi connectivity index (χ3v) is 2.30. The van der Waals surface area contributed by atoms with Crippen LogP contribution in [0.1, 0.15) is 54.7 Å². The summed E-state index contributed by atoms with van der Waals surface area (Å²) in [5, 5.41) is 0. The van der Waals surface area contributed by atoms with Crippen LogP contribution < -0.4 is 0 Å². The van der Waals surface area contributed by atoms with E-state index in [0.717, 1.165) is 19.3 Å². The molecule has 13 heavy (non-hydrogen) atoms. The summed E-state index contributed by atoms with van der Waals surface area (Å²) in [5.41, 5.74) is 0. The minimum Gasteiger partial charge on any atom is -1.00 e. The van der Waals surface area contributed by atoms with Crippen molar-refractivity contribution in [2.45, 2.75) is 58.0 Å². The van der Waals surface area contributed by atoms with Gasteiger partial charge in [0, 0.05) is 6.42 Å². The molecular formula is C10H20MgO2. The molecule has 0 heterocycles. The molecule has 0 atom stereocenters. The summed E-state index contributed by atoms with van der Waals surface area (Å²) in [6.45, 7) is 2.00. The van der Waals surface area contributed by atoms with E-state index in [1.54, 1.807) is 0 Å². The molecule has 0 aromatic rings. The second-order valence-corrected chi connectivity index (χ2v) is 3.50.